The van der Waals surface area contributed by atoms with E-state index >= 15 is 0 Å². The van der Waals surface area contributed by atoms with E-state index in [-0.39, 0.29) is 17.6 Å². The second-order valence-electron chi connectivity index (χ2n) is 4.65. The first kappa shape index (κ1) is 13.7. The van der Waals surface area contributed by atoms with Crippen molar-refractivity contribution in [3.63, 3.8) is 0 Å². The second-order valence-corrected chi connectivity index (χ2v) is 4.65. The van der Waals surface area contributed by atoms with Crippen molar-refractivity contribution >= 4 is 11.7 Å². The van der Waals surface area contributed by atoms with Crippen LogP contribution in [0.1, 0.15) is 19.8 Å². The van der Waals surface area contributed by atoms with Gasteiger partial charge >= 0.3 is 0 Å². The van der Waals surface area contributed by atoms with Crippen molar-refractivity contribution in [3.8, 4) is 6.07 Å². The second kappa shape index (κ2) is 6.36. The number of hydrogen-bond acceptors (Lipinski definition) is 4. The smallest absolute Gasteiger partial charge is 0.236 e. The molecule has 1 saturated heterocycles. The Hall–Kier alpha value is -1.41. The van der Waals surface area contributed by atoms with Crippen LogP contribution in [0.25, 0.3) is 0 Å². The van der Waals surface area contributed by atoms with Crippen LogP contribution in [0.15, 0.2) is 0 Å². The lowest BCUT2D eigenvalue weighted by Gasteiger charge is -2.28. The third-order valence-corrected chi connectivity index (χ3v) is 2.88. The monoisotopic (exact) mass is 237 g/mol. The van der Waals surface area contributed by atoms with Crippen molar-refractivity contribution in [2.45, 2.75) is 19.8 Å². The lowest BCUT2D eigenvalue weighted by Crippen LogP contribution is -2.44. The molecule has 0 radical (unpaired) electrons. The minimum Gasteiger partial charge on any atom is -0.341 e. The van der Waals surface area contributed by atoms with Crippen molar-refractivity contribution in [2.75, 3.05) is 33.2 Å². The fourth-order valence-electron chi connectivity index (χ4n) is 1.91. The largest absolute Gasteiger partial charge is 0.341 e. The van der Waals surface area contributed by atoms with Crippen molar-refractivity contribution in [1.29, 1.82) is 5.26 Å². The van der Waals surface area contributed by atoms with Crippen LogP contribution in [0.5, 0.6) is 0 Å². The summed E-state index contributed by atoms with van der Waals surface area (Å²) in [5.41, 5.74) is 0. The molecule has 1 atom stereocenters. The van der Waals surface area contributed by atoms with Crippen molar-refractivity contribution in [3.05, 3.63) is 0 Å². The summed E-state index contributed by atoms with van der Waals surface area (Å²) in [6.07, 6.45) is 0.952. The highest BCUT2D eigenvalue weighted by molar-refractivity contribution is 5.84. The Morgan fingerprint density at radius 2 is 2.12 bits per heavy atom. The Bertz CT molecular complexity index is 325. The standard InChI is InChI=1S/C12H19N3O2/c1-10(7-13)8-14(2)9-12(17)15-5-3-11(16)4-6-15/h10H,3-6,8-9H2,1-2H3. The molecule has 0 aromatic heterocycles. The first-order valence-electron chi connectivity index (χ1n) is 5.90. The lowest BCUT2D eigenvalue weighted by atomic mass is 10.1. The van der Waals surface area contributed by atoms with Gasteiger partial charge in [-0.25, -0.2) is 0 Å². The summed E-state index contributed by atoms with van der Waals surface area (Å²) in [6, 6.07) is 2.14. The Kier molecular flexibility index (Phi) is 5.11. The van der Waals surface area contributed by atoms with E-state index in [9.17, 15) is 9.59 Å². The number of carbonyl (C=O) groups is 2. The molecule has 1 heterocycles. The molecule has 1 amide bonds. The molecule has 0 spiro atoms. The van der Waals surface area contributed by atoms with E-state index in [4.69, 9.17) is 5.26 Å². The summed E-state index contributed by atoms with van der Waals surface area (Å²) in [7, 11) is 1.83. The zero-order valence-corrected chi connectivity index (χ0v) is 10.5. The molecule has 1 aliphatic heterocycles. The molecule has 0 saturated carbocycles. The van der Waals surface area contributed by atoms with E-state index in [2.05, 4.69) is 6.07 Å². The topological polar surface area (TPSA) is 64.4 Å². The average molecular weight is 237 g/mol. The number of amides is 1. The van der Waals surface area contributed by atoms with E-state index in [1.165, 1.54) is 0 Å². The van der Waals surface area contributed by atoms with E-state index < -0.39 is 0 Å². The maximum absolute atomic E-state index is 11.9. The third kappa shape index (κ3) is 4.53. The number of rotatable bonds is 4. The van der Waals surface area contributed by atoms with Gasteiger partial charge in [0.15, 0.2) is 0 Å². The Balaban J connectivity index is 2.34. The van der Waals surface area contributed by atoms with Gasteiger partial charge in [0.25, 0.3) is 0 Å². The Labute approximate surface area is 102 Å². The Morgan fingerprint density at radius 3 is 2.65 bits per heavy atom. The summed E-state index contributed by atoms with van der Waals surface area (Å²) in [4.78, 5) is 26.5. The third-order valence-electron chi connectivity index (χ3n) is 2.88. The van der Waals surface area contributed by atoms with E-state index in [0.717, 1.165) is 0 Å². The number of carbonyl (C=O) groups excluding carboxylic acids is 2. The predicted octanol–water partition coefficient (Wildman–Crippen LogP) is 0.269. The number of nitrogens with zero attached hydrogens (tertiary/aromatic N) is 3. The summed E-state index contributed by atoms with van der Waals surface area (Å²) < 4.78 is 0. The molecule has 5 heteroatoms. The normalized spacial score (nSPS) is 18.0. The molecule has 1 fully saturated rings. The molecule has 0 aromatic rings. The SMILES string of the molecule is CC(C#N)CN(C)CC(=O)N1CCC(=O)CC1. The van der Waals surface area contributed by atoms with Crippen LogP contribution in [0, 0.1) is 17.2 Å². The minimum atomic E-state index is -0.0734. The first-order chi connectivity index (χ1) is 8.02. The van der Waals surface area contributed by atoms with E-state index in [1.807, 2.05) is 18.9 Å². The molecule has 5 nitrogen and oxygen atoms in total. The fourth-order valence-corrected chi connectivity index (χ4v) is 1.91. The highest BCUT2D eigenvalue weighted by atomic mass is 16.2. The zero-order valence-electron chi connectivity index (χ0n) is 10.5. The van der Waals surface area contributed by atoms with Crippen LogP contribution in [-0.2, 0) is 9.59 Å². The number of Topliss-reactive ketones (excluding diaryl/α,β-unsaturated/α-hetero) is 1. The molecular weight excluding hydrogens is 218 g/mol. The number of hydrogen-bond donors (Lipinski definition) is 0. The van der Waals surface area contributed by atoms with Crippen LogP contribution in [0.3, 0.4) is 0 Å². The van der Waals surface area contributed by atoms with Gasteiger partial charge in [0.2, 0.25) is 5.91 Å². The van der Waals surface area contributed by atoms with Crippen molar-refractivity contribution in [1.82, 2.24) is 9.80 Å². The van der Waals surface area contributed by atoms with Gasteiger partial charge in [0.1, 0.15) is 5.78 Å². The maximum Gasteiger partial charge on any atom is 0.236 e. The van der Waals surface area contributed by atoms with Gasteiger partial charge in [-0.15, -0.1) is 0 Å². The molecule has 1 aliphatic rings. The van der Waals surface area contributed by atoms with Crippen LogP contribution in [-0.4, -0.2) is 54.7 Å². The maximum atomic E-state index is 11.9. The molecular formula is C12H19N3O2. The minimum absolute atomic E-state index is 0.0464. The molecule has 0 N–H and O–H groups in total. The molecule has 94 valence electrons. The van der Waals surface area contributed by atoms with Crippen LogP contribution in [0.2, 0.25) is 0 Å². The molecule has 1 rings (SSSR count). The Morgan fingerprint density at radius 1 is 1.53 bits per heavy atom. The van der Waals surface area contributed by atoms with Crippen molar-refractivity contribution < 1.29 is 9.59 Å². The highest BCUT2D eigenvalue weighted by Crippen LogP contribution is 2.06. The van der Waals surface area contributed by atoms with Gasteiger partial charge in [-0.3, -0.25) is 14.5 Å². The summed E-state index contributed by atoms with van der Waals surface area (Å²) in [5, 5.41) is 8.69. The lowest BCUT2D eigenvalue weighted by molar-refractivity contribution is -0.135. The molecule has 1 unspecified atom stereocenters. The van der Waals surface area contributed by atoms with Gasteiger partial charge < -0.3 is 4.90 Å². The summed E-state index contributed by atoms with van der Waals surface area (Å²) in [6.45, 7) is 3.83. The van der Waals surface area contributed by atoms with E-state index in [1.54, 1.807) is 4.90 Å². The zero-order chi connectivity index (χ0) is 12.8. The van der Waals surface area contributed by atoms with E-state index in [0.29, 0.717) is 39.0 Å². The van der Waals surface area contributed by atoms with Gasteiger partial charge in [-0.05, 0) is 14.0 Å². The quantitative estimate of drug-likeness (QED) is 0.704. The van der Waals surface area contributed by atoms with Gasteiger partial charge in [-0.2, -0.15) is 5.26 Å². The predicted molar refractivity (Wildman–Crippen MR) is 63.1 cm³/mol. The molecule has 0 aliphatic carbocycles. The number of likely N-dealkylation sites (tertiary alicyclic amines) is 1. The average Bonchev–Trinajstić information content (AvgIpc) is 2.29. The van der Waals surface area contributed by atoms with Gasteiger partial charge in [0, 0.05) is 32.5 Å². The number of likely N-dealkylation sites (N-methyl/N-ethyl adjacent to an activating group) is 1. The van der Waals surface area contributed by atoms with Crippen LogP contribution < -0.4 is 0 Å². The van der Waals surface area contributed by atoms with Gasteiger partial charge in [-0.1, -0.05) is 0 Å². The first-order valence-corrected chi connectivity index (χ1v) is 5.90. The highest BCUT2D eigenvalue weighted by Gasteiger charge is 2.21. The fraction of sp³-hybridized carbons (Fsp3) is 0.750. The van der Waals surface area contributed by atoms with Crippen molar-refractivity contribution in [2.24, 2.45) is 5.92 Å². The van der Waals surface area contributed by atoms with Gasteiger partial charge in [0.05, 0.1) is 18.5 Å². The van der Waals surface area contributed by atoms with Crippen LogP contribution >= 0.6 is 0 Å². The number of nitriles is 1. The summed E-state index contributed by atoms with van der Waals surface area (Å²) >= 11 is 0. The number of piperidine rings is 1. The molecule has 0 aromatic carbocycles. The molecule has 0 bridgehead atoms. The summed E-state index contributed by atoms with van der Waals surface area (Å²) in [5.74, 6) is 0.210. The number of ketones is 1. The van der Waals surface area contributed by atoms with Crippen LogP contribution in [0.4, 0.5) is 0 Å². The molecule has 17 heavy (non-hydrogen) atoms.